The van der Waals surface area contributed by atoms with Crippen LogP contribution in [0.2, 0.25) is 5.02 Å². The van der Waals surface area contributed by atoms with E-state index in [0.29, 0.717) is 0 Å². The average molecular weight is 254 g/mol. The third kappa shape index (κ3) is 3.38. The van der Waals surface area contributed by atoms with Crippen LogP contribution >= 0.6 is 24.0 Å². The number of amides is 2. The molecule has 1 aromatic rings. The quantitative estimate of drug-likeness (QED) is 0.808. The number of hydrogen-bond donors (Lipinski definition) is 2. The summed E-state index contributed by atoms with van der Waals surface area (Å²) < 4.78 is 13.0. The van der Waals surface area contributed by atoms with Gasteiger partial charge in [0.05, 0.1) is 10.6 Å². The molecule has 0 unspecified atom stereocenters. The minimum absolute atomic E-state index is 0. The highest BCUT2D eigenvalue weighted by Gasteiger charge is 2.17. The summed E-state index contributed by atoms with van der Waals surface area (Å²) in [5, 5.41) is 9.59. The molecule has 7 heteroatoms. The Labute approximate surface area is 95.5 Å². The lowest BCUT2D eigenvalue weighted by Gasteiger charge is -2.03. The summed E-state index contributed by atoms with van der Waals surface area (Å²) >= 11 is 5.51. The summed E-state index contributed by atoms with van der Waals surface area (Å²) in [6, 6.07) is 3.62. The van der Waals surface area contributed by atoms with Crippen LogP contribution in [0, 0.1) is 5.82 Å². The third-order valence-corrected chi connectivity index (χ3v) is 1.73. The Bertz CT molecular complexity index is 377. The van der Waals surface area contributed by atoms with Crippen molar-refractivity contribution in [1.82, 2.24) is 5.32 Å². The second kappa shape index (κ2) is 5.53. The second-order valence-corrected chi connectivity index (χ2v) is 2.76. The van der Waals surface area contributed by atoms with Crippen molar-refractivity contribution in [3.05, 3.63) is 34.6 Å². The summed E-state index contributed by atoms with van der Waals surface area (Å²) in [4.78, 5) is 21.2. The van der Waals surface area contributed by atoms with Gasteiger partial charge in [0.15, 0.2) is 0 Å². The maximum absolute atomic E-state index is 13.0. The summed E-state index contributed by atoms with van der Waals surface area (Å²) in [5.74, 6) is -1.95. The summed E-state index contributed by atoms with van der Waals surface area (Å²) in [5.41, 5.74) is -0.475. The van der Waals surface area contributed by atoms with E-state index in [2.05, 4.69) is 0 Å². The molecule has 0 aliphatic heterocycles. The van der Waals surface area contributed by atoms with Crippen molar-refractivity contribution in [1.29, 1.82) is 0 Å². The van der Waals surface area contributed by atoms with Gasteiger partial charge in [0.1, 0.15) is 5.82 Å². The molecule has 1 aromatic carbocycles. The molecule has 2 N–H and O–H groups in total. The first-order valence-corrected chi connectivity index (χ1v) is 3.88. The fourth-order valence-corrected chi connectivity index (χ4v) is 1.12. The van der Waals surface area contributed by atoms with Crippen LogP contribution in [0.15, 0.2) is 18.2 Å². The molecular formula is C8H6Cl2FNO3. The molecule has 0 saturated heterocycles. The van der Waals surface area contributed by atoms with Crippen molar-refractivity contribution in [2.75, 3.05) is 0 Å². The summed E-state index contributed by atoms with van der Waals surface area (Å²) in [6.07, 6.45) is -1.56. The van der Waals surface area contributed by atoms with E-state index in [-0.39, 0.29) is 17.4 Å². The molecule has 0 fully saturated rings. The first-order valence-electron chi connectivity index (χ1n) is 3.50. The fourth-order valence-electron chi connectivity index (χ4n) is 0.874. The van der Waals surface area contributed by atoms with E-state index in [1.807, 2.05) is 0 Å². The molecular weight excluding hydrogens is 248 g/mol. The number of hydrogen-bond acceptors (Lipinski definition) is 2. The van der Waals surface area contributed by atoms with Crippen LogP contribution in [0.4, 0.5) is 9.18 Å². The monoisotopic (exact) mass is 253 g/mol. The number of halogens is 3. The number of imide groups is 1. The molecule has 15 heavy (non-hydrogen) atoms. The number of nitrogens with one attached hydrogen (secondary N) is 1. The predicted molar refractivity (Wildman–Crippen MR) is 54.1 cm³/mol. The third-order valence-electron chi connectivity index (χ3n) is 1.41. The van der Waals surface area contributed by atoms with Gasteiger partial charge in [-0.15, -0.1) is 12.4 Å². The van der Waals surface area contributed by atoms with Crippen LogP contribution in [0.3, 0.4) is 0 Å². The Hall–Kier alpha value is -1.33. The topological polar surface area (TPSA) is 66.4 Å². The van der Waals surface area contributed by atoms with Gasteiger partial charge in [-0.25, -0.2) is 9.18 Å². The Morgan fingerprint density at radius 2 is 2.00 bits per heavy atom. The van der Waals surface area contributed by atoms with E-state index >= 15 is 0 Å². The van der Waals surface area contributed by atoms with E-state index in [0.717, 1.165) is 6.07 Å². The van der Waals surface area contributed by atoms with Gasteiger partial charge in [0.2, 0.25) is 0 Å². The number of carbonyl (C=O) groups excluding carboxylic acids is 1. The molecule has 0 aliphatic carbocycles. The molecule has 0 saturated carbocycles. The average Bonchev–Trinajstić information content (AvgIpc) is 2.01. The summed E-state index contributed by atoms with van der Waals surface area (Å²) in [6.45, 7) is 0. The normalized spacial score (nSPS) is 8.93. The van der Waals surface area contributed by atoms with E-state index in [1.165, 1.54) is 17.4 Å². The second-order valence-electron chi connectivity index (χ2n) is 2.36. The standard InChI is InChI=1S/C8H5ClFNO3.ClH/c9-4-2-1-3-5(10)6(4)7(12)11-8(13)14;/h1-3H,(H,11,12)(H,13,14);1H. The van der Waals surface area contributed by atoms with Crippen molar-refractivity contribution in [3.63, 3.8) is 0 Å². The molecule has 0 atom stereocenters. The minimum atomic E-state index is -1.56. The smallest absolute Gasteiger partial charge is 0.411 e. The van der Waals surface area contributed by atoms with E-state index in [4.69, 9.17) is 16.7 Å². The van der Waals surface area contributed by atoms with Crippen LogP contribution in [-0.2, 0) is 0 Å². The maximum Gasteiger partial charge on any atom is 0.411 e. The van der Waals surface area contributed by atoms with Crippen molar-refractivity contribution in [2.24, 2.45) is 0 Å². The Kier molecular flexibility index (Phi) is 5.04. The SMILES string of the molecule is Cl.O=C(O)NC(=O)c1c(F)cccc1Cl. The highest BCUT2D eigenvalue weighted by Crippen LogP contribution is 2.18. The van der Waals surface area contributed by atoms with Crippen molar-refractivity contribution < 1.29 is 19.1 Å². The van der Waals surface area contributed by atoms with Crippen LogP contribution < -0.4 is 5.32 Å². The molecule has 1 rings (SSSR count). The lowest BCUT2D eigenvalue weighted by Crippen LogP contribution is -2.29. The van der Waals surface area contributed by atoms with E-state index < -0.39 is 23.4 Å². The lowest BCUT2D eigenvalue weighted by molar-refractivity contribution is 0.0944. The molecule has 0 spiro atoms. The number of rotatable bonds is 1. The van der Waals surface area contributed by atoms with Crippen LogP contribution in [-0.4, -0.2) is 17.1 Å². The van der Waals surface area contributed by atoms with Gasteiger partial charge in [-0.3, -0.25) is 10.1 Å². The Morgan fingerprint density at radius 3 is 2.47 bits per heavy atom. The first-order chi connectivity index (χ1) is 6.52. The number of carboxylic acid groups (broad SMARTS) is 1. The van der Waals surface area contributed by atoms with Gasteiger partial charge in [-0.2, -0.15) is 0 Å². The Morgan fingerprint density at radius 1 is 1.40 bits per heavy atom. The van der Waals surface area contributed by atoms with E-state index in [1.54, 1.807) is 0 Å². The van der Waals surface area contributed by atoms with Crippen molar-refractivity contribution in [3.8, 4) is 0 Å². The molecule has 0 heterocycles. The van der Waals surface area contributed by atoms with Gasteiger partial charge in [0.25, 0.3) is 5.91 Å². The van der Waals surface area contributed by atoms with Gasteiger partial charge < -0.3 is 5.11 Å². The zero-order valence-corrected chi connectivity index (χ0v) is 8.73. The van der Waals surface area contributed by atoms with Crippen LogP contribution in [0.5, 0.6) is 0 Å². The van der Waals surface area contributed by atoms with Crippen molar-refractivity contribution >= 4 is 36.0 Å². The number of benzene rings is 1. The summed E-state index contributed by atoms with van der Waals surface area (Å²) in [7, 11) is 0. The highest BCUT2D eigenvalue weighted by molar-refractivity contribution is 6.34. The molecule has 82 valence electrons. The van der Waals surface area contributed by atoms with Crippen LogP contribution in [0.1, 0.15) is 10.4 Å². The first kappa shape index (κ1) is 13.7. The predicted octanol–water partition coefficient (Wildman–Crippen LogP) is 2.31. The van der Waals surface area contributed by atoms with E-state index in [9.17, 15) is 14.0 Å². The minimum Gasteiger partial charge on any atom is -0.465 e. The lowest BCUT2D eigenvalue weighted by atomic mass is 10.2. The molecule has 0 aliphatic rings. The maximum atomic E-state index is 13.0. The Balaban J connectivity index is 0.00000196. The molecule has 2 amide bonds. The van der Waals surface area contributed by atoms with Gasteiger partial charge in [-0.05, 0) is 12.1 Å². The zero-order chi connectivity index (χ0) is 10.7. The van der Waals surface area contributed by atoms with Crippen LogP contribution in [0.25, 0.3) is 0 Å². The molecule has 0 aromatic heterocycles. The largest absolute Gasteiger partial charge is 0.465 e. The van der Waals surface area contributed by atoms with Gasteiger partial charge in [-0.1, -0.05) is 17.7 Å². The fraction of sp³-hybridized carbons (Fsp3) is 0. The molecule has 0 bridgehead atoms. The van der Waals surface area contributed by atoms with Gasteiger partial charge >= 0.3 is 6.09 Å². The number of carbonyl (C=O) groups is 2. The highest BCUT2D eigenvalue weighted by atomic mass is 35.5. The van der Waals surface area contributed by atoms with Gasteiger partial charge in [0, 0.05) is 0 Å². The molecule has 0 radical (unpaired) electrons. The molecule has 4 nitrogen and oxygen atoms in total. The van der Waals surface area contributed by atoms with Crippen molar-refractivity contribution in [2.45, 2.75) is 0 Å². The zero-order valence-electron chi connectivity index (χ0n) is 7.16.